The van der Waals surface area contributed by atoms with Crippen molar-refractivity contribution in [3.05, 3.63) is 30.3 Å². The lowest BCUT2D eigenvalue weighted by Gasteiger charge is -2.18. The first kappa shape index (κ1) is 28.5. The Hall–Kier alpha value is -1.51. The summed E-state index contributed by atoms with van der Waals surface area (Å²) in [6.45, 7) is 4.59. The number of carbonyl (C=O) groups is 1. The predicted octanol–water partition coefficient (Wildman–Crippen LogP) is 9.07. The van der Waals surface area contributed by atoms with Gasteiger partial charge in [-0.25, -0.2) is 4.79 Å². The SMILES string of the molecule is CCCCCCCCCCCCCCCCCCCC(Nc1ccccc1)C(=O)OCC. The molecule has 32 heavy (non-hydrogen) atoms. The Morgan fingerprint density at radius 1 is 0.688 bits per heavy atom. The molecular weight excluding hydrogens is 394 g/mol. The molecule has 0 spiro atoms. The molecule has 1 atom stereocenters. The summed E-state index contributed by atoms with van der Waals surface area (Å²) in [5.41, 5.74) is 0.984. The van der Waals surface area contributed by atoms with E-state index in [9.17, 15) is 4.79 Å². The zero-order chi connectivity index (χ0) is 23.1. The minimum atomic E-state index is -0.242. The highest BCUT2D eigenvalue weighted by molar-refractivity contribution is 5.79. The van der Waals surface area contributed by atoms with E-state index in [1.54, 1.807) is 0 Å². The van der Waals surface area contributed by atoms with Crippen LogP contribution in [0.5, 0.6) is 0 Å². The van der Waals surface area contributed by atoms with Crippen LogP contribution in [0, 0.1) is 0 Å². The fraction of sp³-hybridized carbons (Fsp3) is 0.759. The van der Waals surface area contributed by atoms with Crippen molar-refractivity contribution in [3.8, 4) is 0 Å². The smallest absolute Gasteiger partial charge is 0.328 e. The van der Waals surface area contributed by atoms with Crippen molar-refractivity contribution in [2.24, 2.45) is 0 Å². The van der Waals surface area contributed by atoms with Gasteiger partial charge in [0.15, 0.2) is 0 Å². The van der Waals surface area contributed by atoms with Gasteiger partial charge in [-0.3, -0.25) is 0 Å². The summed E-state index contributed by atoms with van der Waals surface area (Å²) in [4.78, 5) is 12.3. The molecule has 0 aliphatic heterocycles. The topological polar surface area (TPSA) is 38.3 Å². The van der Waals surface area contributed by atoms with Crippen molar-refractivity contribution in [1.82, 2.24) is 0 Å². The summed E-state index contributed by atoms with van der Waals surface area (Å²) in [6, 6.07) is 9.72. The van der Waals surface area contributed by atoms with Crippen molar-refractivity contribution in [1.29, 1.82) is 0 Å². The normalized spacial score (nSPS) is 11.9. The largest absolute Gasteiger partial charge is 0.464 e. The van der Waals surface area contributed by atoms with Crippen LogP contribution in [0.25, 0.3) is 0 Å². The number of benzene rings is 1. The second kappa shape index (κ2) is 21.3. The van der Waals surface area contributed by atoms with Crippen molar-refractivity contribution in [2.75, 3.05) is 11.9 Å². The zero-order valence-electron chi connectivity index (χ0n) is 21.2. The summed E-state index contributed by atoms with van der Waals surface area (Å²) < 4.78 is 5.26. The Balaban J connectivity index is 1.95. The number of ether oxygens (including phenoxy) is 1. The average molecular weight is 446 g/mol. The number of unbranched alkanes of at least 4 members (excludes halogenated alkanes) is 16. The molecule has 1 rings (SSSR count). The maximum Gasteiger partial charge on any atom is 0.328 e. The number of rotatable bonds is 22. The third-order valence-electron chi connectivity index (χ3n) is 6.28. The Morgan fingerprint density at radius 2 is 1.12 bits per heavy atom. The molecule has 3 nitrogen and oxygen atoms in total. The summed E-state index contributed by atoms with van der Waals surface area (Å²) in [7, 11) is 0. The first-order valence-electron chi connectivity index (χ1n) is 13.8. The van der Waals surface area contributed by atoms with Crippen LogP contribution in [0.15, 0.2) is 30.3 Å². The number of esters is 1. The standard InChI is InChI=1S/C29H51NO2/c1-3-5-6-7-8-9-10-11-12-13-14-15-16-17-18-19-23-26-28(29(31)32-4-2)30-27-24-21-20-22-25-27/h20-22,24-25,28,30H,3-19,23,26H2,1-2H3. The van der Waals surface area contributed by atoms with E-state index in [2.05, 4.69) is 12.2 Å². The van der Waals surface area contributed by atoms with Gasteiger partial charge in [0.05, 0.1) is 6.61 Å². The van der Waals surface area contributed by atoms with Crippen LogP contribution in [0.4, 0.5) is 5.69 Å². The van der Waals surface area contributed by atoms with Gasteiger partial charge >= 0.3 is 5.97 Å². The fourth-order valence-electron chi connectivity index (χ4n) is 4.30. The number of carbonyl (C=O) groups excluding carboxylic acids is 1. The van der Waals surface area contributed by atoms with Crippen LogP contribution < -0.4 is 5.32 Å². The molecule has 0 amide bonds. The summed E-state index contributed by atoms with van der Waals surface area (Å²) in [6.07, 6.45) is 24.1. The van der Waals surface area contributed by atoms with Gasteiger partial charge in [0.25, 0.3) is 0 Å². The molecule has 184 valence electrons. The Labute approximate surface area is 199 Å². The van der Waals surface area contributed by atoms with Crippen LogP contribution in [0.2, 0.25) is 0 Å². The first-order valence-corrected chi connectivity index (χ1v) is 13.8. The summed E-state index contributed by atoms with van der Waals surface area (Å²) in [5, 5.41) is 3.34. The van der Waals surface area contributed by atoms with Crippen molar-refractivity contribution < 1.29 is 9.53 Å². The number of anilines is 1. The molecule has 1 N–H and O–H groups in total. The molecule has 1 aromatic rings. The predicted molar refractivity (Wildman–Crippen MR) is 139 cm³/mol. The first-order chi connectivity index (χ1) is 15.8. The van der Waals surface area contributed by atoms with Gasteiger partial charge in [-0.15, -0.1) is 0 Å². The lowest BCUT2D eigenvalue weighted by molar-refractivity contribution is -0.144. The van der Waals surface area contributed by atoms with Crippen LogP contribution >= 0.6 is 0 Å². The quantitative estimate of drug-likeness (QED) is 0.143. The van der Waals surface area contributed by atoms with Gasteiger partial charge in [-0.05, 0) is 25.5 Å². The molecule has 0 aromatic heterocycles. The second-order valence-corrected chi connectivity index (χ2v) is 9.26. The van der Waals surface area contributed by atoms with Gasteiger partial charge in [0, 0.05) is 5.69 Å². The average Bonchev–Trinajstić information content (AvgIpc) is 2.81. The number of hydrogen-bond donors (Lipinski definition) is 1. The van der Waals surface area contributed by atoms with E-state index in [4.69, 9.17) is 4.74 Å². The lowest BCUT2D eigenvalue weighted by Crippen LogP contribution is -2.31. The highest BCUT2D eigenvalue weighted by Gasteiger charge is 2.18. The van der Waals surface area contributed by atoms with Crippen molar-refractivity contribution >= 4 is 11.7 Å². The molecule has 0 aliphatic rings. The highest BCUT2D eigenvalue weighted by atomic mass is 16.5. The molecule has 0 radical (unpaired) electrons. The van der Waals surface area contributed by atoms with E-state index in [0.29, 0.717) is 6.61 Å². The fourth-order valence-corrected chi connectivity index (χ4v) is 4.30. The lowest BCUT2D eigenvalue weighted by atomic mass is 10.0. The molecule has 0 bridgehead atoms. The number of hydrogen-bond acceptors (Lipinski definition) is 3. The minimum absolute atomic E-state index is 0.132. The van der Waals surface area contributed by atoms with Gasteiger partial charge in [0.2, 0.25) is 0 Å². The molecule has 0 heterocycles. The third kappa shape index (κ3) is 16.2. The van der Waals surface area contributed by atoms with Gasteiger partial charge in [0.1, 0.15) is 6.04 Å². The molecule has 3 heteroatoms. The monoisotopic (exact) mass is 445 g/mol. The summed E-state index contributed by atoms with van der Waals surface area (Å²) in [5.74, 6) is -0.132. The van der Waals surface area contributed by atoms with Crippen LogP contribution in [0.1, 0.15) is 129 Å². The van der Waals surface area contributed by atoms with Gasteiger partial charge in [-0.1, -0.05) is 134 Å². The van der Waals surface area contributed by atoms with E-state index in [-0.39, 0.29) is 12.0 Å². The van der Waals surface area contributed by atoms with Crippen LogP contribution in [-0.4, -0.2) is 18.6 Å². The van der Waals surface area contributed by atoms with E-state index in [0.717, 1.165) is 18.5 Å². The van der Waals surface area contributed by atoms with E-state index in [1.165, 1.54) is 103 Å². The van der Waals surface area contributed by atoms with Crippen molar-refractivity contribution in [3.63, 3.8) is 0 Å². The third-order valence-corrected chi connectivity index (χ3v) is 6.28. The molecule has 0 fully saturated rings. The number of para-hydroxylation sites is 1. The Morgan fingerprint density at radius 3 is 1.56 bits per heavy atom. The summed E-state index contributed by atoms with van der Waals surface area (Å²) >= 11 is 0. The van der Waals surface area contributed by atoms with Crippen LogP contribution in [0.3, 0.4) is 0 Å². The van der Waals surface area contributed by atoms with E-state index in [1.807, 2.05) is 37.3 Å². The second-order valence-electron chi connectivity index (χ2n) is 9.26. The molecule has 0 aliphatic carbocycles. The highest BCUT2D eigenvalue weighted by Crippen LogP contribution is 2.16. The molecule has 1 aromatic carbocycles. The Kier molecular flexibility index (Phi) is 19.0. The maximum absolute atomic E-state index is 12.3. The minimum Gasteiger partial charge on any atom is -0.464 e. The van der Waals surface area contributed by atoms with Crippen molar-refractivity contribution in [2.45, 2.75) is 135 Å². The molecule has 0 saturated heterocycles. The maximum atomic E-state index is 12.3. The zero-order valence-corrected chi connectivity index (χ0v) is 21.2. The van der Waals surface area contributed by atoms with Gasteiger partial charge in [-0.2, -0.15) is 0 Å². The Bertz CT molecular complexity index is 531. The molecule has 0 saturated carbocycles. The van der Waals surface area contributed by atoms with Crippen LogP contribution in [-0.2, 0) is 9.53 Å². The van der Waals surface area contributed by atoms with E-state index >= 15 is 0 Å². The molecular formula is C29H51NO2. The molecule has 1 unspecified atom stereocenters. The van der Waals surface area contributed by atoms with Gasteiger partial charge < -0.3 is 10.1 Å². The van der Waals surface area contributed by atoms with E-state index < -0.39 is 0 Å². The number of nitrogens with one attached hydrogen (secondary N) is 1.